The summed E-state index contributed by atoms with van der Waals surface area (Å²) < 4.78 is 12.6. The molecule has 0 unspecified atom stereocenters. The van der Waals surface area contributed by atoms with Gasteiger partial charge in [-0.05, 0) is 25.1 Å². The molecule has 1 amide bonds. The number of hydrogen-bond acceptors (Lipinski definition) is 10. The lowest BCUT2D eigenvalue weighted by molar-refractivity contribution is 0.0922. The summed E-state index contributed by atoms with van der Waals surface area (Å²) in [6, 6.07) is 12.0. The molecule has 1 aromatic carbocycles. The zero-order valence-corrected chi connectivity index (χ0v) is 18.6. The molecule has 0 spiro atoms. The molecular weight excluding hydrogens is 454 g/mol. The van der Waals surface area contributed by atoms with Crippen molar-refractivity contribution < 1.29 is 24.3 Å². The van der Waals surface area contributed by atoms with Gasteiger partial charge >= 0.3 is 0 Å². The van der Waals surface area contributed by atoms with Crippen LogP contribution in [-0.2, 0) is 13.2 Å². The number of carbonyl (C=O) groups excluding carboxylic acids is 1. The number of amides is 1. The summed E-state index contributed by atoms with van der Waals surface area (Å²) in [4.78, 5) is 16.5. The Bertz CT molecular complexity index is 1500. The summed E-state index contributed by atoms with van der Waals surface area (Å²) >= 11 is 0. The summed E-state index contributed by atoms with van der Waals surface area (Å²) in [6.45, 7) is 1.37. The minimum atomic E-state index is -0.352. The van der Waals surface area contributed by atoms with Crippen LogP contribution in [0.15, 0.2) is 53.2 Å². The summed E-state index contributed by atoms with van der Waals surface area (Å²) in [5.41, 5.74) is 1.86. The van der Waals surface area contributed by atoms with Crippen LogP contribution in [0, 0.1) is 0 Å². The number of carbonyl (C=O) groups is 1. The standard InChI is InChI=1S/C23H21N7O5/c1-13(10-31)25-22(33)14-6-7-15(24-9-14)12-34-23-18-5-3-2-4-17(18)20-26-27-21(30(20)28-23)19-8-16(11-32)35-29-19/h2-9,13,31-32H,10-12H2,1H3,(H,25,33)/t13-/m1/s1. The molecule has 12 heteroatoms. The van der Waals surface area contributed by atoms with Gasteiger partial charge in [-0.3, -0.25) is 9.78 Å². The van der Waals surface area contributed by atoms with E-state index in [1.165, 1.54) is 10.7 Å². The Morgan fingerprint density at radius 2 is 2.00 bits per heavy atom. The lowest BCUT2D eigenvalue weighted by Gasteiger charge is -2.11. The van der Waals surface area contributed by atoms with E-state index in [1.807, 2.05) is 24.3 Å². The van der Waals surface area contributed by atoms with Crippen molar-refractivity contribution in [2.75, 3.05) is 6.61 Å². The second-order valence-corrected chi connectivity index (χ2v) is 7.83. The highest BCUT2D eigenvalue weighted by atomic mass is 16.5. The van der Waals surface area contributed by atoms with Crippen molar-refractivity contribution in [2.24, 2.45) is 0 Å². The lowest BCUT2D eigenvalue weighted by Crippen LogP contribution is -2.35. The predicted octanol–water partition coefficient (Wildman–Crippen LogP) is 1.51. The normalized spacial score (nSPS) is 12.2. The molecular formula is C23H21N7O5. The van der Waals surface area contributed by atoms with Crippen LogP contribution in [0.5, 0.6) is 5.88 Å². The molecule has 178 valence electrons. The number of rotatable bonds is 8. The van der Waals surface area contributed by atoms with E-state index in [0.29, 0.717) is 40.1 Å². The number of ether oxygens (including phenoxy) is 1. The topological polar surface area (TPSA) is 161 Å². The molecule has 12 nitrogen and oxygen atoms in total. The summed E-state index contributed by atoms with van der Waals surface area (Å²) in [5, 5.41) is 39.5. The van der Waals surface area contributed by atoms with Crippen molar-refractivity contribution in [3.63, 3.8) is 0 Å². The molecule has 0 radical (unpaired) electrons. The molecule has 0 saturated carbocycles. The monoisotopic (exact) mass is 475 g/mol. The van der Waals surface area contributed by atoms with Crippen LogP contribution >= 0.6 is 0 Å². The largest absolute Gasteiger partial charge is 0.470 e. The van der Waals surface area contributed by atoms with Crippen LogP contribution < -0.4 is 10.1 Å². The maximum atomic E-state index is 12.2. The van der Waals surface area contributed by atoms with E-state index in [4.69, 9.17) is 14.4 Å². The first-order valence-electron chi connectivity index (χ1n) is 10.8. The fraction of sp³-hybridized carbons (Fsp3) is 0.217. The molecule has 4 aromatic heterocycles. The highest BCUT2D eigenvalue weighted by Gasteiger charge is 2.19. The number of aliphatic hydroxyl groups is 2. The van der Waals surface area contributed by atoms with Gasteiger partial charge in [-0.15, -0.1) is 15.3 Å². The van der Waals surface area contributed by atoms with E-state index >= 15 is 0 Å². The highest BCUT2D eigenvalue weighted by molar-refractivity contribution is 5.97. The maximum Gasteiger partial charge on any atom is 0.253 e. The molecule has 5 rings (SSSR count). The minimum Gasteiger partial charge on any atom is -0.470 e. The molecule has 0 fully saturated rings. The molecule has 4 heterocycles. The zero-order valence-electron chi connectivity index (χ0n) is 18.6. The third-order valence-electron chi connectivity index (χ3n) is 5.27. The SMILES string of the molecule is C[C@H](CO)NC(=O)c1ccc(COc2nn3c(-c4cc(CO)on4)nnc3c3ccccc23)nc1. The summed E-state index contributed by atoms with van der Waals surface area (Å²) in [7, 11) is 0. The van der Waals surface area contributed by atoms with Crippen LogP contribution in [0.3, 0.4) is 0 Å². The number of nitrogens with one attached hydrogen (secondary N) is 1. The second-order valence-electron chi connectivity index (χ2n) is 7.83. The Morgan fingerprint density at radius 1 is 1.17 bits per heavy atom. The van der Waals surface area contributed by atoms with Gasteiger partial charge < -0.3 is 24.8 Å². The third kappa shape index (κ3) is 4.39. The zero-order chi connectivity index (χ0) is 24.4. The molecule has 0 bridgehead atoms. The number of pyridine rings is 1. The van der Waals surface area contributed by atoms with Crippen LogP contribution in [0.1, 0.15) is 28.7 Å². The van der Waals surface area contributed by atoms with Crippen LogP contribution in [0.2, 0.25) is 0 Å². The molecule has 0 aliphatic heterocycles. The molecule has 3 N–H and O–H groups in total. The number of benzene rings is 1. The first-order valence-corrected chi connectivity index (χ1v) is 10.8. The first-order chi connectivity index (χ1) is 17.1. The van der Waals surface area contributed by atoms with Crippen molar-refractivity contribution in [2.45, 2.75) is 26.2 Å². The van der Waals surface area contributed by atoms with Gasteiger partial charge in [0, 0.05) is 29.1 Å². The van der Waals surface area contributed by atoms with E-state index in [9.17, 15) is 9.90 Å². The van der Waals surface area contributed by atoms with Crippen molar-refractivity contribution in [3.05, 3.63) is 65.7 Å². The van der Waals surface area contributed by atoms with Gasteiger partial charge in [0.25, 0.3) is 5.91 Å². The average Bonchev–Trinajstić information content (AvgIpc) is 3.54. The van der Waals surface area contributed by atoms with E-state index in [1.54, 1.807) is 25.1 Å². The fourth-order valence-corrected chi connectivity index (χ4v) is 3.45. The number of hydrogen-bond donors (Lipinski definition) is 3. The first kappa shape index (κ1) is 22.4. The van der Waals surface area contributed by atoms with Crippen molar-refractivity contribution in [1.29, 1.82) is 0 Å². The van der Waals surface area contributed by atoms with Gasteiger partial charge in [0.05, 0.1) is 17.9 Å². The Balaban J connectivity index is 1.43. The van der Waals surface area contributed by atoms with Crippen LogP contribution in [0.25, 0.3) is 27.9 Å². The number of aliphatic hydroxyl groups excluding tert-OH is 2. The molecule has 0 aliphatic carbocycles. The Hall–Kier alpha value is -4.42. The minimum absolute atomic E-state index is 0.105. The van der Waals surface area contributed by atoms with E-state index in [0.717, 1.165) is 10.8 Å². The van der Waals surface area contributed by atoms with Gasteiger partial charge in [-0.1, -0.05) is 23.4 Å². The van der Waals surface area contributed by atoms with Crippen LogP contribution in [0.4, 0.5) is 0 Å². The third-order valence-corrected chi connectivity index (χ3v) is 5.27. The van der Waals surface area contributed by atoms with E-state index < -0.39 is 0 Å². The molecule has 0 saturated heterocycles. The maximum absolute atomic E-state index is 12.2. The van der Waals surface area contributed by atoms with Crippen LogP contribution in [-0.4, -0.2) is 58.7 Å². The Morgan fingerprint density at radius 3 is 2.71 bits per heavy atom. The van der Waals surface area contributed by atoms with Crippen molar-refractivity contribution in [3.8, 4) is 17.4 Å². The fourth-order valence-electron chi connectivity index (χ4n) is 3.45. The van der Waals surface area contributed by atoms with Gasteiger partial charge in [0.2, 0.25) is 11.7 Å². The molecule has 35 heavy (non-hydrogen) atoms. The average molecular weight is 475 g/mol. The predicted molar refractivity (Wildman–Crippen MR) is 122 cm³/mol. The Kier molecular flexibility index (Phi) is 6.04. The lowest BCUT2D eigenvalue weighted by atomic mass is 10.2. The molecule has 1 atom stereocenters. The molecule has 5 aromatic rings. The van der Waals surface area contributed by atoms with Gasteiger partial charge in [0.15, 0.2) is 17.1 Å². The second kappa shape index (κ2) is 9.44. The Labute approximate surface area is 198 Å². The highest BCUT2D eigenvalue weighted by Crippen LogP contribution is 2.29. The number of fused-ring (bicyclic) bond motifs is 3. The van der Waals surface area contributed by atoms with Gasteiger partial charge in [0.1, 0.15) is 13.2 Å². The summed E-state index contributed by atoms with van der Waals surface area (Å²) in [6.07, 6.45) is 1.45. The summed E-state index contributed by atoms with van der Waals surface area (Å²) in [5.74, 6) is 0.648. The van der Waals surface area contributed by atoms with E-state index in [-0.39, 0.29) is 31.8 Å². The van der Waals surface area contributed by atoms with E-state index in [2.05, 4.69) is 30.8 Å². The smallest absolute Gasteiger partial charge is 0.253 e. The van der Waals surface area contributed by atoms with Gasteiger partial charge in [-0.2, -0.15) is 4.52 Å². The van der Waals surface area contributed by atoms with Gasteiger partial charge in [-0.25, -0.2) is 0 Å². The van der Waals surface area contributed by atoms with Crippen molar-refractivity contribution >= 4 is 22.3 Å². The van der Waals surface area contributed by atoms with Crippen molar-refractivity contribution in [1.82, 2.24) is 35.3 Å². The number of nitrogens with zero attached hydrogens (tertiary/aromatic N) is 6. The molecule has 0 aliphatic rings. The quantitative estimate of drug-likeness (QED) is 0.300. The number of aromatic nitrogens is 6.